The van der Waals surface area contributed by atoms with Crippen molar-refractivity contribution in [2.24, 2.45) is 0 Å². The van der Waals surface area contributed by atoms with Gasteiger partial charge >= 0.3 is 6.03 Å². The van der Waals surface area contributed by atoms with E-state index in [-0.39, 0.29) is 27.5 Å². The standard InChI is InChI=1S/C17H20N4O5S2/c1-10(2)27-15(22)12-7-5-6-8-13(12)28(24,25)21-17(23)20-16-18-11(3)9-14(19-16)26-4/h5-10H,1-4H3,(H2,18,19,20,21,23). The highest BCUT2D eigenvalue weighted by Crippen LogP contribution is 2.23. The minimum atomic E-state index is -4.30. The van der Waals surface area contributed by atoms with Crippen LogP contribution in [0.15, 0.2) is 35.2 Å². The van der Waals surface area contributed by atoms with E-state index in [4.69, 9.17) is 4.74 Å². The molecule has 1 heterocycles. The summed E-state index contributed by atoms with van der Waals surface area (Å²) in [6.45, 7) is 5.31. The van der Waals surface area contributed by atoms with Gasteiger partial charge in [-0.3, -0.25) is 10.1 Å². The lowest BCUT2D eigenvalue weighted by Gasteiger charge is -2.12. The van der Waals surface area contributed by atoms with Crippen LogP contribution in [0.5, 0.6) is 5.88 Å². The molecule has 2 rings (SSSR count). The Bertz CT molecular complexity index is 993. The molecule has 0 spiro atoms. The van der Waals surface area contributed by atoms with E-state index >= 15 is 0 Å². The number of nitrogens with zero attached hydrogens (tertiary/aromatic N) is 2. The minimum Gasteiger partial charge on any atom is -0.481 e. The first-order valence-electron chi connectivity index (χ1n) is 8.16. The lowest BCUT2D eigenvalue weighted by Crippen LogP contribution is -2.35. The molecule has 0 bridgehead atoms. The Hall–Kier alpha value is -2.66. The van der Waals surface area contributed by atoms with Crippen molar-refractivity contribution in [2.75, 3.05) is 12.4 Å². The average molecular weight is 425 g/mol. The fraction of sp³-hybridized carbons (Fsp3) is 0.294. The SMILES string of the molecule is COc1cc(C)nc(NC(=O)NS(=O)(=O)c2ccccc2C(=O)SC(C)C)n1. The van der Waals surface area contributed by atoms with E-state index in [0.717, 1.165) is 11.8 Å². The lowest BCUT2D eigenvalue weighted by molar-refractivity contribution is 0.108. The number of nitrogens with one attached hydrogen (secondary N) is 2. The first-order chi connectivity index (χ1) is 13.1. The summed E-state index contributed by atoms with van der Waals surface area (Å²) < 4.78 is 32.1. The summed E-state index contributed by atoms with van der Waals surface area (Å²) in [5.74, 6) is 0.0941. The zero-order valence-electron chi connectivity index (χ0n) is 15.7. The van der Waals surface area contributed by atoms with Gasteiger partial charge in [0.25, 0.3) is 10.0 Å². The number of aromatic nitrogens is 2. The third-order valence-electron chi connectivity index (χ3n) is 3.23. The molecule has 0 saturated heterocycles. The van der Waals surface area contributed by atoms with E-state index in [0.29, 0.717) is 5.69 Å². The Morgan fingerprint density at radius 1 is 1.18 bits per heavy atom. The van der Waals surface area contributed by atoms with Crippen LogP contribution in [0.25, 0.3) is 0 Å². The van der Waals surface area contributed by atoms with Crippen LogP contribution in [0.3, 0.4) is 0 Å². The third-order valence-corrected chi connectivity index (χ3v) is 5.53. The van der Waals surface area contributed by atoms with Gasteiger partial charge in [0.2, 0.25) is 16.9 Å². The number of sulfonamides is 1. The number of methoxy groups -OCH3 is 1. The van der Waals surface area contributed by atoms with Crippen LogP contribution in [0.1, 0.15) is 29.9 Å². The Kier molecular flexibility index (Phi) is 6.97. The van der Waals surface area contributed by atoms with Crippen LogP contribution in [0.2, 0.25) is 0 Å². The van der Waals surface area contributed by atoms with Crippen molar-refractivity contribution in [1.82, 2.24) is 14.7 Å². The molecule has 0 fully saturated rings. The molecule has 2 aromatic rings. The van der Waals surface area contributed by atoms with Gasteiger partial charge < -0.3 is 4.74 Å². The number of carbonyl (C=O) groups is 2. The van der Waals surface area contributed by atoms with Gasteiger partial charge in [-0.25, -0.2) is 22.9 Å². The second kappa shape index (κ2) is 9.02. The van der Waals surface area contributed by atoms with E-state index in [2.05, 4.69) is 15.3 Å². The molecule has 2 N–H and O–H groups in total. The maximum atomic E-state index is 12.6. The summed E-state index contributed by atoms with van der Waals surface area (Å²) in [6, 6.07) is 6.17. The molecule has 1 aromatic carbocycles. The minimum absolute atomic E-state index is 0.00465. The lowest BCUT2D eigenvalue weighted by atomic mass is 10.2. The van der Waals surface area contributed by atoms with Crippen LogP contribution < -0.4 is 14.8 Å². The molecule has 11 heteroatoms. The van der Waals surface area contributed by atoms with Gasteiger partial charge in [0.05, 0.1) is 12.0 Å². The van der Waals surface area contributed by atoms with Crippen molar-refractivity contribution in [3.63, 3.8) is 0 Å². The number of thioether (sulfide) groups is 1. The van der Waals surface area contributed by atoms with Crippen LogP contribution in [-0.2, 0) is 10.0 Å². The smallest absolute Gasteiger partial charge is 0.335 e. The van der Waals surface area contributed by atoms with Crippen molar-refractivity contribution in [3.05, 3.63) is 41.6 Å². The van der Waals surface area contributed by atoms with Crippen molar-refractivity contribution >= 4 is 38.9 Å². The Morgan fingerprint density at radius 2 is 1.86 bits per heavy atom. The van der Waals surface area contributed by atoms with Gasteiger partial charge in [-0.2, -0.15) is 4.98 Å². The molecule has 0 aliphatic carbocycles. The second-order valence-electron chi connectivity index (χ2n) is 5.89. The summed E-state index contributed by atoms with van der Waals surface area (Å²) >= 11 is 0.999. The zero-order valence-corrected chi connectivity index (χ0v) is 17.3. The fourth-order valence-electron chi connectivity index (χ4n) is 2.15. The molecular weight excluding hydrogens is 404 g/mol. The number of urea groups is 1. The average Bonchev–Trinajstić information content (AvgIpc) is 2.60. The van der Waals surface area contributed by atoms with Gasteiger partial charge in [0, 0.05) is 22.6 Å². The highest BCUT2D eigenvalue weighted by molar-refractivity contribution is 8.14. The maximum absolute atomic E-state index is 12.6. The Labute approximate surface area is 167 Å². The van der Waals surface area contributed by atoms with Gasteiger partial charge in [0.15, 0.2) is 0 Å². The Balaban J connectivity index is 2.23. The number of hydrogen-bond donors (Lipinski definition) is 2. The predicted octanol–water partition coefficient (Wildman–Crippen LogP) is 2.59. The molecule has 2 amide bonds. The van der Waals surface area contributed by atoms with Gasteiger partial charge in [-0.1, -0.05) is 37.7 Å². The van der Waals surface area contributed by atoms with Crippen LogP contribution in [0.4, 0.5) is 10.7 Å². The molecule has 1 aromatic heterocycles. The first-order valence-corrected chi connectivity index (χ1v) is 10.5. The summed E-state index contributed by atoms with van der Waals surface area (Å²) in [5.41, 5.74) is 0.515. The molecule has 0 saturated carbocycles. The van der Waals surface area contributed by atoms with Gasteiger partial charge in [-0.05, 0) is 19.1 Å². The molecule has 9 nitrogen and oxygen atoms in total. The molecule has 0 aliphatic heterocycles. The van der Waals surface area contributed by atoms with Crippen molar-refractivity contribution in [3.8, 4) is 5.88 Å². The second-order valence-corrected chi connectivity index (χ2v) is 9.09. The van der Waals surface area contributed by atoms with Gasteiger partial charge in [-0.15, -0.1) is 0 Å². The maximum Gasteiger partial charge on any atom is 0.335 e. The number of anilines is 1. The third kappa shape index (κ3) is 5.67. The summed E-state index contributed by atoms with van der Waals surface area (Å²) in [6.07, 6.45) is 0. The summed E-state index contributed by atoms with van der Waals surface area (Å²) in [7, 11) is -2.90. The molecule has 28 heavy (non-hydrogen) atoms. The van der Waals surface area contributed by atoms with Crippen LogP contribution >= 0.6 is 11.8 Å². The van der Waals surface area contributed by atoms with Crippen molar-refractivity contribution in [1.29, 1.82) is 0 Å². The van der Waals surface area contributed by atoms with E-state index in [1.807, 2.05) is 18.6 Å². The number of rotatable bonds is 6. The first kappa shape index (κ1) is 21.6. The van der Waals surface area contributed by atoms with Gasteiger partial charge in [0.1, 0.15) is 0 Å². The number of carbonyl (C=O) groups excluding carboxylic acids is 2. The zero-order chi connectivity index (χ0) is 20.9. The monoisotopic (exact) mass is 424 g/mol. The largest absolute Gasteiger partial charge is 0.481 e. The molecule has 150 valence electrons. The van der Waals surface area contributed by atoms with Crippen LogP contribution in [0, 0.1) is 6.92 Å². The van der Waals surface area contributed by atoms with Crippen molar-refractivity contribution in [2.45, 2.75) is 30.9 Å². The van der Waals surface area contributed by atoms with E-state index in [1.165, 1.54) is 25.3 Å². The van der Waals surface area contributed by atoms with Crippen molar-refractivity contribution < 1.29 is 22.7 Å². The highest BCUT2D eigenvalue weighted by atomic mass is 32.2. The quantitative estimate of drug-likeness (QED) is 0.724. The molecule has 0 unspecified atom stereocenters. The van der Waals surface area contributed by atoms with E-state index in [1.54, 1.807) is 19.1 Å². The Morgan fingerprint density at radius 3 is 2.50 bits per heavy atom. The molecule has 0 radical (unpaired) electrons. The number of ether oxygens (including phenoxy) is 1. The summed E-state index contributed by atoms with van der Waals surface area (Å²) in [5, 5.41) is 1.82. The van der Waals surface area contributed by atoms with E-state index < -0.39 is 21.2 Å². The predicted molar refractivity (Wildman–Crippen MR) is 106 cm³/mol. The summed E-state index contributed by atoms with van der Waals surface area (Å²) in [4.78, 5) is 32.1. The van der Waals surface area contributed by atoms with Crippen LogP contribution in [-0.4, -0.2) is 41.9 Å². The number of hydrogen-bond acceptors (Lipinski definition) is 8. The number of aryl methyl sites for hydroxylation is 1. The normalized spacial score (nSPS) is 11.2. The molecule has 0 aliphatic rings. The highest BCUT2D eigenvalue weighted by Gasteiger charge is 2.25. The van der Waals surface area contributed by atoms with E-state index in [9.17, 15) is 18.0 Å². The number of benzene rings is 1. The fourth-order valence-corrected chi connectivity index (χ4v) is 4.06. The molecule has 0 atom stereocenters. The molecular formula is C17H20N4O5S2. The number of amides is 2. The topological polar surface area (TPSA) is 127 Å².